The Balaban J connectivity index is 1.80. The quantitative estimate of drug-likeness (QED) is 0.827. The zero-order chi connectivity index (χ0) is 16.8. The van der Waals surface area contributed by atoms with E-state index in [0.29, 0.717) is 26.2 Å². The molecule has 23 heavy (non-hydrogen) atoms. The fraction of sp³-hybridized carbons (Fsp3) is 0.529. The van der Waals surface area contributed by atoms with Crippen LogP contribution in [0, 0.1) is 23.1 Å². The first-order valence-electron chi connectivity index (χ1n) is 7.86. The fourth-order valence-corrected chi connectivity index (χ4v) is 2.77. The van der Waals surface area contributed by atoms with Gasteiger partial charge in [-0.25, -0.2) is 4.39 Å². The van der Waals surface area contributed by atoms with E-state index in [9.17, 15) is 9.18 Å². The lowest BCUT2D eigenvalue weighted by molar-refractivity contribution is -0.132. The largest absolute Gasteiger partial charge is 0.368 e. The van der Waals surface area contributed by atoms with Gasteiger partial charge in [0, 0.05) is 38.4 Å². The number of nitriles is 1. The maximum atomic E-state index is 13.0. The van der Waals surface area contributed by atoms with Gasteiger partial charge in [0.2, 0.25) is 5.91 Å². The van der Waals surface area contributed by atoms with E-state index in [1.165, 1.54) is 12.1 Å². The molecule has 0 bridgehead atoms. The van der Waals surface area contributed by atoms with Crippen LogP contribution in [0.5, 0.6) is 0 Å². The van der Waals surface area contributed by atoms with Crippen molar-refractivity contribution in [2.75, 3.05) is 51.2 Å². The van der Waals surface area contributed by atoms with Crippen LogP contribution in [-0.2, 0) is 4.79 Å². The van der Waals surface area contributed by atoms with Gasteiger partial charge in [-0.1, -0.05) is 0 Å². The minimum Gasteiger partial charge on any atom is -0.368 e. The van der Waals surface area contributed by atoms with E-state index in [2.05, 4.69) is 11.0 Å². The Morgan fingerprint density at radius 2 is 1.91 bits per heavy atom. The predicted molar refractivity (Wildman–Crippen MR) is 87.5 cm³/mol. The molecule has 124 valence electrons. The summed E-state index contributed by atoms with van der Waals surface area (Å²) >= 11 is 0. The van der Waals surface area contributed by atoms with Crippen molar-refractivity contribution in [1.29, 1.82) is 5.26 Å². The molecule has 1 aliphatic rings. The summed E-state index contributed by atoms with van der Waals surface area (Å²) in [5.41, 5.74) is 0.985. The molecule has 1 fully saturated rings. The Kier molecular flexibility index (Phi) is 5.94. The van der Waals surface area contributed by atoms with Crippen molar-refractivity contribution in [1.82, 2.24) is 9.80 Å². The first kappa shape index (κ1) is 17.2. The molecule has 0 N–H and O–H groups in total. The number of hydrogen-bond acceptors (Lipinski definition) is 4. The highest BCUT2D eigenvalue weighted by molar-refractivity contribution is 5.78. The van der Waals surface area contributed by atoms with Gasteiger partial charge in [0.25, 0.3) is 0 Å². The van der Waals surface area contributed by atoms with Crippen molar-refractivity contribution in [2.45, 2.75) is 6.92 Å². The third-order valence-electron chi connectivity index (χ3n) is 4.04. The Morgan fingerprint density at radius 1 is 1.30 bits per heavy atom. The monoisotopic (exact) mass is 318 g/mol. The van der Waals surface area contributed by atoms with E-state index in [1.807, 2.05) is 23.8 Å². The second-order valence-corrected chi connectivity index (χ2v) is 6.07. The SMILES string of the molecule is C[C@H](C#N)CN(C)CC(=O)N1CCN(c2ccc(F)cc2)CC1. The van der Waals surface area contributed by atoms with Crippen molar-refractivity contribution in [3.05, 3.63) is 30.1 Å². The average molecular weight is 318 g/mol. The number of hydrogen-bond donors (Lipinski definition) is 0. The highest BCUT2D eigenvalue weighted by Gasteiger charge is 2.22. The van der Waals surface area contributed by atoms with Gasteiger partial charge in [0.1, 0.15) is 5.82 Å². The number of halogens is 1. The molecular formula is C17H23FN4O. The summed E-state index contributed by atoms with van der Waals surface area (Å²) in [7, 11) is 1.86. The van der Waals surface area contributed by atoms with E-state index in [4.69, 9.17) is 5.26 Å². The molecular weight excluding hydrogens is 295 g/mol. The molecule has 1 heterocycles. The summed E-state index contributed by atoms with van der Waals surface area (Å²) in [6.07, 6.45) is 0. The molecule has 1 aliphatic heterocycles. The molecule has 0 unspecified atom stereocenters. The Bertz CT molecular complexity index is 561. The Hall–Kier alpha value is -2.13. The van der Waals surface area contributed by atoms with Crippen LogP contribution in [0.1, 0.15) is 6.92 Å². The molecule has 1 aromatic carbocycles. The summed E-state index contributed by atoms with van der Waals surface area (Å²) in [6.45, 7) is 5.60. The van der Waals surface area contributed by atoms with Crippen LogP contribution < -0.4 is 4.90 Å². The minimum absolute atomic E-state index is 0.0804. The maximum Gasteiger partial charge on any atom is 0.236 e. The van der Waals surface area contributed by atoms with E-state index >= 15 is 0 Å². The summed E-state index contributed by atoms with van der Waals surface area (Å²) in [6, 6.07) is 8.63. The third kappa shape index (κ3) is 4.93. The van der Waals surface area contributed by atoms with Gasteiger partial charge in [-0.3, -0.25) is 9.69 Å². The van der Waals surface area contributed by atoms with Gasteiger partial charge < -0.3 is 9.80 Å². The molecule has 0 radical (unpaired) electrons. The van der Waals surface area contributed by atoms with Crippen LogP contribution in [0.25, 0.3) is 0 Å². The maximum absolute atomic E-state index is 13.0. The molecule has 1 aromatic rings. The standard InChI is InChI=1S/C17H23FN4O/c1-14(11-19)12-20(2)13-17(23)22-9-7-21(8-10-22)16-5-3-15(18)4-6-16/h3-6,14H,7-10,12-13H2,1-2H3/t14-/m1/s1. The van der Waals surface area contributed by atoms with Crippen molar-refractivity contribution in [3.63, 3.8) is 0 Å². The van der Waals surface area contributed by atoms with Crippen molar-refractivity contribution >= 4 is 11.6 Å². The van der Waals surface area contributed by atoms with Gasteiger partial charge in [0.05, 0.1) is 18.5 Å². The van der Waals surface area contributed by atoms with E-state index in [0.717, 1.165) is 18.8 Å². The second kappa shape index (κ2) is 7.93. The zero-order valence-corrected chi connectivity index (χ0v) is 13.7. The lowest BCUT2D eigenvalue weighted by Crippen LogP contribution is -2.51. The molecule has 1 atom stereocenters. The van der Waals surface area contributed by atoms with Gasteiger partial charge in [-0.2, -0.15) is 5.26 Å². The van der Waals surface area contributed by atoms with Crippen LogP contribution in [0.4, 0.5) is 10.1 Å². The minimum atomic E-state index is -0.239. The lowest BCUT2D eigenvalue weighted by atomic mass is 10.2. The number of piperazine rings is 1. The van der Waals surface area contributed by atoms with Gasteiger partial charge in [-0.05, 0) is 38.2 Å². The first-order chi connectivity index (χ1) is 11.0. The van der Waals surface area contributed by atoms with Crippen LogP contribution >= 0.6 is 0 Å². The van der Waals surface area contributed by atoms with Gasteiger partial charge in [-0.15, -0.1) is 0 Å². The molecule has 0 spiro atoms. The number of amides is 1. The number of rotatable bonds is 5. The summed E-state index contributed by atoms with van der Waals surface area (Å²) in [4.78, 5) is 18.2. The second-order valence-electron chi connectivity index (χ2n) is 6.07. The summed E-state index contributed by atoms with van der Waals surface area (Å²) < 4.78 is 13.0. The molecule has 6 heteroatoms. The van der Waals surface area contributed by atoms with Crippen molar-refractivity contribution < 1.29 is 9.18 Å². The number of likely N-dealkylation sites (N-methyl/N-ethyl adjacent to an activating group) is 1. The zero-order valence-electron chi connectivity index (χ0n) is 13.7. The normalized spacial score (nSPS) is 16.3. The van der Waals surface area contributed by atoms with E-state index in [1.54, 1.807) is 12.1 Å². The number of carbonyl (C=O) groups excluding carboxylic acids is 1. The lowest BCUT2D eigenvalue weighted by Gasteiger charge is -2.36. The molecule has 0 aliphatic carbocycles. The van der Waals surface area contributed by atoms with Gasteiger partial charge in [0.15, 0.2) is 0 Å². The molecule has 0 saturated carbocycles. The van der Waals surface area contributed by atoms with E-state index < -0.39 is 0 Å². The molecule has 0 aromatic heterocycles. The summed E-state index contributed by atoms with van der Waals surface area (Å²) in [5, 5.41) is 8.82. The highest BCUT2D eigenvalue weighted by atomic mass is 19.1. The van der Waals surface area contributed by atoms with E-state index in [-0.39, 0.29) is 17.6 Å². The predicted octanol–water partition coefficient (Wildman–Crippen LogP) is 1.57. The topological polar surface area (TPSA) is 50.6 Å². The van der Waals surface area contributed by atoms with Crippen molar-refractivity contribution in [2.24, 2.45) is 5.92 Å². The number of anilines is 1. The van der Waals surface area contributed by atoms with Crippen LogP contribution in [-0.4, -0.2) is 62.0 Å². The van der Waals surface area contributed by atoms with Crippen molar-refractivity contribution in [3.8, 4) is 6.07 Å². The van der Waals surface area contributed by atoms with Gasteiger partial charge >= 0.3 is 0 Å². The molecule has 2 rings (SSSR count). The Labute approximate surface area is 136 Å². The number of benzene rings is 1. The number of nitrogens with zero attached hydrogens (tertiary/aromatic N) is 4. The average Bonchev–Trinajstić information content (AvgIpc) is 2.55. The highest BCUT2D eigenvalue weighted by Crippen LogP contribution is 2.17. The third-order valence-corrected chi connectivity index (χ3v) is 4.04. The van der Waals surface area contributed by atoms with Crippen LogP contribution in [0.15, 0.2) is 24.3 Å². The Morgan fingerprint density at radius 3 is 2.48 bits per heavy atom. The van der Waals surface area contributed by atoms with Crippen LogP contribution in [0.2, 0.25) is 0 Å². The number of carbonyl (C=O) groups is 1. The molecule has 5 nitrogen and oxygen atoms in total. The summed E-state index contributed by atoms with van der Waals surface area (Å²) in [5.74, 6) is -0.225. The van der Waals surface area contributed by atoms with Crippen LogP contribution in [0.3, 0.4) is 0 Å². The fourth-order valence-electron chi connectivity index (χ4n) is 2.77. The smallest absolute Gasteiger partial charge is 0.236 e. The first-order valence-corrected chi connectivity index (χ1v) is 7.86. The molecule has 1 amide bonds. The molecule has 1 saturated heterocycles.